The number of aromatic nitrogens is 4. The van der Waals surface area contributed by atoms with Gasteiger partial charge in [-0.25, -0.2) is 9.97 Å². The van der Waals surface area contributed by atoms with E-state index in [0.717, 1.165) is 33.9 Å². The van der Waals surface area contributed by atoms with Crippen LogP contribution in [0.25, 0.3) is 10.9 Å². The van der Waals surface area contributed by atoms with Crippen LogP contribution in [0.4, 0.5) is 11.6 Å². The first-order valence-electron chi connectivity index (χ1n) is 7.56. The monoisotopic (exact) mass is 317 g/mol. The highest BCUT2D eigenvalue weighted by molar-refractivity contribution is 5.91. The molecule has 2 N–H and O–H groups in total. The molecule has 0 aliphatic rings. The van der Waals surface area contributed by atoms with Gasteiger partial charge in [0.25, 0.3) is 0 Å². The topological polar surface area (TPSA) is 75.7 Å². The van der Waals surface area contributed by atoms with Gasteiger partial charge in [0.2, 0.25) is 0 Å². The van der Waals surface area contributed by atoms with Gasteiger partial charge in [-0.3, -0.25) is 5.10 Å². The number of H-pyrrole nitrogens is 1. The molecule has 2 aromatic heterocycles. The summed E-state index contributed by atoms with van der Waals surface area (Å²) in [6, 6.07) is 17.7. The van der Waals surface area contributed by atoms with E-state index in [2.05, 4.69) is 25.5 Å². The van der Waals surface area contributed by atoms with E-state index in [1.165, 1.54) is 6.33 Å². The maximum atomic E-state index is 5.85. The third kappa shape index (κ3) is 3.03. The molecule has 6 heteroatoms. The fraction of sp³-hybridized carbons (Fsp3) is 0.0556. The molecule has 4 rings (SSSR count). The number of hydrogen-bond acceptors (Lipinski definition) is 5. The van der Waals surface area contributed by atoms with Crippen molar-refractivity contribution in [1.29, 1.82) is 0 Å². The summed E-state index contributed by atoms with van der Waals surface area (Å²) >= 11 is 0. The molecular weight excluding hydrogens is 302 g/mol. The fourth-order valence-electron chi connectivity index (χ4n) is 2.42. The summed E-state index contributed by atoms with van der Waals surface area (Å²) in [6.07, 6.45) is 3.21. The summed E-state index contributed by atoms with van der Waals surface area (Å²) in [5, 5.41) is 10.9. The van der Waals surface area contributed by atoms with Crippen LogP contribution in [0, 0.1) is 0 Å². The molecule has 2 aromatic carbocycles. The molecule has 24 heavy (non-hydrogen) atoms. The Kier molecular flexibility index (Phi) is 3.77. The molecule has 6 nitrogen and oxygen atoms in total. The summed E-state index contributed by atoms with van der Waals surface area (Å²) in [4.78, 5) is 8.62. The Bertz CT molecular complexity index is 938. The lowest BCUT2D eigenvalue weighted by Gasteiger charge is -2.09. The number of rotatable bonds is 5. The zero-order valence-corrected chi connectivity index (χ0v) is 12.8. The van der Waals surface area contributed by atoms with Crippen molar-refractivity contribution in [3.05, 3.63) is 72.7 Å². The summed E-state index contributed by atoms with van der Waals surface area (Å²) in [7, 11) is 0. The van der Waals surface area contributed by atoms with Crippen molar-refractivity contribution in [3.8, 4) is 5.75 Å². The zero-order chi connectivity index (χ0) is 16.2. The fourth-order valence-corrected chi connectivity index (χ4v) is 2.42. The van der Waals surface area contributed by atoms with Gasteiger partial charge < -0.3 is 10.1 Å². The van der Waals surface area contributed by atoms with Crippen LogP contribution < -0.4 is 10.1 Å². The van der Waals surface area contributed by atoms with Gasteiger partial charge in [-0.15, -0.1) is 0 Å². The average molecular weight is 317 g/mol. The van der Waals surface area contributed by atoms with Crippen molar-refractivity contribution >= 4 is 22.5 Å². The van der Waals surface area contributed by atoms with E-state index in [0.29, 0.717) is 6.61 Å². The van der Waals surface area contributed by atoms with Gasteiger partial charge in [-0.05, 0) is 17.7 Å². The Morgan fingerprint density at radius 3 is 2.75 bits per heavy atom. The standard InChI is InChI=1S/C18H15N5O/c1-2-4-13(5-3-1)11-24-14-6-7-15-16(10-14)19-12-20-18(15)22-17-8-9-21-23-17/h1-10,12H,11H2,(H2,19,20,21,22,23). The zero-order valence-electron chi connectivity index (χ0n) is 12.8. The minimum Gasteiger partial charge on any atom is -0.489 e. The van der Waals surface area contributed by atoms with Crippen molar-refractivity contribution in [2.45, 2.75) is 6.61 Å². The lowest BCUT2D eigenvalue weighted by Crippen LogP contribution is -1.98. The van der Waals surface area contributed by atoms with Crippen LogP contribution in [0.1, 0.15) is 5.56 Å². The Hall–Kier alpha value is -3.41. The first-order chi connectivity index (χ1) is 11.9. The number of ether oxygens (including phenoxy) is 1. The van der Waals surface area contributed by atoms with Crippen LogP contribution in [0.15, 0.2) is 67.1 Å². The molecule has 0 unspecified atom stereocenters. The van der Waals surface area contributed by atoms with Gasteiger partial charge in [0, 0.05) is 17.5 Å². The van der Waals surface area contributed by atoms with Gasteiger partial charge in [0.15, 0.2) is 0 Å². The smallest absolute Gasteiger partial charge is 0.142 e. The van der Waals surface area contributed by atoms with Crippen molar-refractivity contribution in [1.82, 2.24) is 20.2 Å². The second-order valence-electron chi connectivity index (χ2n) is 5.27. The number of anilines is 2. The van der Waals surface area contributed by atoms with Crippen LogP contribution in [0.5, 0.6) is 5.75 Å². The van der Waals surface area contributed by atoms with Gasteiger partial charge in [-0.1, -0.05) is 30.3 Å². The second kappa shape index (κ2) is 6.37. The van der Waals surface area contributed by atoms with Crippen LogP contribution in [0.3, 0.4) is 0 Å². The van der Waals surface area contributed by atoms with E-state index in [9.17, 15) is 0 Å². The third-order valence-electron chi connectivity index (χ3n) is 3.61. The molecule has 0 saturated carbocycles. The molecule has 0 fully saturated rings. The first kappa shape index (κ1) is 14.2. The van der Waals surface area contributed by atoms with Gasteiger partial charge in [0.05, 0.1) is 11.7 Å². The highest BCUT2D eigenvalue weighted by atomic mass is 16.5. The largest absolute Gasteiger partial charge is 0.489 e. The predicted octanol–water partition coefficient (Wildman–Crippen LogP) is 3.68. The molecule has 118 valence electrons. The number of hydrogen-bond donors (Lipinski definition) is 2. The lowest BCUT2D eigenvalue weighted by atomic mass is 10.2. The molecule has 0 amide bonds. The molecule has 2 heterocycles. The van der Waals surface area contributed by atoms with Crippen LogP contribution >= 0.6 is 0 Å². The van der Waals surface area contributed by atoms with E-state index >= 15 is 0 Å². The molecule has 0 aliphatic heterocycles. The van der Waals surface area contributed by atoms with Crippen molar-refractivity contribution < 1.29 is 4.74 Å². The second-order valence-corrected chi connectivity index (χ2v) is 5.27. The SMILES string of the molecule is c1ccc(COc2ccc3c(Nc4ccn[nH]4)ncnc3c2)cc1. The van der Waals surface area contributed by atoms with Gasteiger partial charge >= 0.3 is 0 Å². The van der Waals surface area contributed by atoms with E-state index in [4.69, 9.17) is 4.74 Å². The van der Waals surface area contributed by atoms with Crippen molar-refractivity contribution in [2.75, 3.05) is 5.32 Å². The highest BCUT2D eigenvalue weighted by Gasteiger charge is 2.06. The molecular formula is C18H15N5O. The lowest BCUT2D eigenvalue weighted by molar-refractivity contribution is 0.306. The van der Waals surface area contributed by atoms with Crippen LogP contribution in [0.2, 0.25) is 0 Å². The van der Waals surface area contributed by atoms with E-state index in [1.54, 1.807) is 6.20 Å². The van der Waals surface area contributed by atoms with E-state index < -0.39 is 0 Å². The summed E-state index contributed by atoms with van der Waals surface area (Å²) < 4.78 is 5.85. The van der Waals surface area contributed by atoms with Crippen LogP contribution in [-0.4, -0.2) is 20.2 Å². The number of nitrogens with one attached hydrogen (secondary N) is 2. The molecule has 0 saturated heterocycles. The maximum Gasteiger partial charge on any atom is 0.142 e. The van der Waals surface area contributed by atoms with E-state index in [1.807, 2.05) is 54.6 Å². The minimum absolute atomic E-state index is 0.524. The quantitative estimate of drug-likeness (QED) is 0.587. The molecule has 0 spiro atoms. The van der Waals surface area contributed by atoms with Gasteiger partial charge in [-0.2, -0.15) is 5.10 Å². The maximum absolute atomic E-state index is 5.85. The Labute approximate surface area is 138 Å². The van der Waals surface area contributed by atoms with E-state index in [-0.39, 0.29) is 0 Å². The number of fused-ring (bicyclic) bond motifs is 1. The molecule has 4 aromatic rings. The summed E-state index contributed by atoms with van der Waals surface area (Å²) in [5.41, 5.74) is 1.94. The third-order valence-corrected chi connectivity index (χ3v) is 3.61. The Morgan fingerprint density at radius 1 is 1.00 bits per heavy atom. The van der Waals surface area contributed by atoms with Crippen molar-refractivity contribution in [2.24, 2.45) is 0 Å². The van der Waals surface area contributed by atoms with Crippen molar-refractivity contribution in [3.63, 3.8) is 0 Å². The molecule has 0 radical (unpaired) electrons. The normalized spacial score (nSPS) is 10.7. The summed E-state index contributed by atoms with van der Waals surface area (Å²) in [5.74, 6) is 2.27. The molecule has 0 bridgehead atoms. The number of nitrogens with zero attached hydrogens (tertiary/aromatic N) is 3. The Balaban J connectivity index is 1.57. The minimum atomic E-state index is 0.524. The summed E-state index contributed by atoms with van der Waals surface area (Å²) in [6.45, 7) is 0.524. The van der Waals surface area contributed by atoms with Gasteiger partial charge in [0.1, 0.15) is 30.3 Å². The predicted molar refractivity (Wildman–Crippen MR) is 92.2 cm³/mol. The average Bonchev–Trinajstić information content (AvgIpc) is 3.14. The molecule has 0 atom stereocenters. The highest BCUT2D eigenvalue weighted by Crippen LogP contribution is 2.25. The molecule has 0 aliphatic carbocycles. The number of benzene rings is 2. The first-order valence-corrected chi connectivity index (χ1v) is 7.56. The number of aromatic amines is 1. The van der Waals surface area contributed by atoms with Crippen LogP contribution in [-0.2, 0) is 6.61 Å². The Morgan fingerprint density at radius 2 is 1.92 bits per heavy atom.